The molecule has 0 aromatic carbocycles. The minimum atomic E-state index is -2.21. The molecule has 0 aromatic heterocycles. The third-order valence-corrected chi connectivity index (χ3v) is 27.2. The van der Waals surface area contributed by atoms with Crippen molar-refractivity contribution in [3.05, 3.63) is 34.5 Å². The first-order valence-electron chi connectivity index (χ1n) is 13.4. The quantitative estimate of drug-likeness (QED) is 0.0990. The zero-order valence-electron chi connectivity index (χ0n) is 22.9. The summed E-state index contributed by atoms with van der Waals surface area (Å²) in [7, 11) is -2.16. The van der Waals surface area contributed by atoms with Crippen molar-refractivity contribution in [2.24, 2.45) is 0 Å². The summed E-state index contributed by atoms with van der Waals surface area (Å²) in [5.41, 5.74) is 1.23. The normalized spacial score (nSPS) is 13.6. The average molecular weight is 570 g/mol. The zero-order chi connectivity index (χ0) is 24.6. The third-order valence-electron chi connectivity index (χ3n) is 7.08. The van der Waals surface area contributed by atoms with E-state index in [4.69, 9.17) is 4.43 Å². The van der Waals surface area contributed by atoms with Crippen LogP contribution < -0.4 is 0 Å². The van der Waals surface area contributed by atoms with Gasteiger partial charge >= 0.3 is 207 Å². The molecule has 0 aliphatic carbocycles. The van der Waals surface area contributed by atoms with Crippen molar-refractivity contribution in [2.75, 3.05) is 0 Å². The van der Waals surface area contributed by atoms with E-state index in [1.54, 1.807) is 6.08 Å². The Morgan fingerprint density at radius 3 is 1.50 bits per heavy atom. The Bertz CT molecular complexity index is 547. The number of rotatable bonds is 17. The molecule has 0 heterocycles. The predicted octanol–water partition coefficient (Wildman–Crippen LogP) is 9.76. The molecule has 32 heavy (non-hydrogen) atoms. The molecule has 0 saturated carbocycles. The molecule has 0 atom stereocenters. The van der Waals surface area contributed by atoms with Crippen LogP contribution in [0.15, 0.2) is 34.5 Å². The van der Waals surface area contributed by atoms with E-state index >= 15 is 0 Å². The van der Waals surface area contributed by atoms with E-state index in [0.717, 1.165) is 0 Å². The fraction of sp³-hybridized carbons (Fsp3) is 0.750. The van der Waals surface area contributed by atoms with Crippen molar-refractivity contribution in [1.29, 1.82) is 0 Å². The first kappa shape index (κ1) is 31.7. The van der Waals surface area contributed by atoms with Gasteiger partial charge in [-0.25, -0.2) is 0 Å². The monoisotopic (exact) mass is 570 g/mol. The Kier molecular flexibility index (Phi) is 17.0. The van der Waals surface area contributed by atoms with Crippen molar-refractivity contribution in [3.63, 3.8) is 0 Å². The van der Waals surface area contributed by atoms with E-state index in [1.165, 1.54) is 51.8 Å². The van der Waals surface area contributed by atoms with E-state index in [1.807, 2.05) is 12.2 Å². The fourth-order valence-electron chi connectivity index (χ4n) is 5.30. The molecule has 0 aromatic rings. The topological polar surface area (TPSA) is 26.3 Å². The van der Waals surface area contributed by atoms with Gasteiger partial charge in [-0.1, -0.05) is 0 Å². The van der Waals surface area contributed by atoms with Crippen LogP contribution in [-0.2, 0) is 9.22 Å². The molecule has 2 nitrogen and oxygen atoms in total. The zero-order valence-corrected chi connectivity index (χ0v) is 26.7. The fourth-order valence-corrected chi connectivity index (χ4v) is 24.5. The van der Waals surface area contributed by atoms with Crippen molar-refractivity contribution < 1.29 is 9.22 Å². The molecule has 0 rings (SSSR count). The first-order valence-corrected chi connectivity index (χ1v) is 23.2. The molecule has 0 amide bonds. The molecule has 0 aliphatic heterocycles. The number of unbranched alkanes of at least 4 members (excludes halogenated alkanes) is 3. The van der Waals surface area contributed by atoms with Crippen LogP contribution in [0.5, 0.6) is 0 Å². The molecule has 0 fully saturated rings. The minimum absolute atomic E-state index is 0.177. The van der Waals surface area contributed by atoms with Crippen LogP contribution in [0.3, 0.4) is 0 Å². The number of carbonyl (C=O) groups excluding carboxylic acids is 1. The van der Waals surface area contributed by atoms with Gasteiger partial charge in [0.2, 0.25) is 0 Å². The maximum absolute atomic E-state index is 12.6. The molecule has 0 aliphatic rings. The van der Waals surface area contributed by atoms with Crippen LogP contribution in [0.4, 0.5) is 0 Å². The van der Waals surface area contributed by atoms with E-state index in [-0.39, 0.29) is 5.97 Å². The van der Waals surface area contributed by atoms with E-state index in [0.29, 0.717) is 16.6 Å². The van der Waals surface area contributed by atoms with Crippen LogP contribution in [0.25, 0.3) is 0 Å². The Morgan fingerprint density at radius 2 is 1.12 bits per heavy atom. The van der Waals surface area contributed by atoms with Crippen LogP contribution in [0.2, 0.25) is 29.9 Å². The van der Waals surface area contributed by atoms with Gasteiger partial charge in [-0.2, -0.15) is 0 Å². The molecule has 0 N–H and O–H groups in total. The number of allylic oxidation sites excluding steroid dienone is 4. The summed E-state index contributed by atoms with van der Waals surface area (Å²) >= 11 is -2.21. The van der Waals surface area contributed by atoms with Gasteiger partial charge in [0.15, 0.2) is 0 Å². The number of hydrogen-bond donors (Lipinski definition) is 0. The van der Waals surface area contributed by atoms with Gasteiger partial charge in [-0.3, -0.25) is 0 Å². The van der Waals surface area contributed by atoms with E-state index < -0.39 is 26.7 Å². The van der Waals surface area contributed by atoms with Crippen LogP contribution in [0, 0.1) is 0 Å². The summed E-state index contributed by atoms with van der Waals surface area (Å²) in [4.78, 5) is 12.6. The Labute approximate surface area is 206 Å². The number of carbonyl (C=O) groups is 1. The molecule has 0 saturated heterocycles. The van der Waals surface area contributed by atoms with Crippen LogP contribution in [-0.4, -0.2) is 32.7 Å². The van der Waals surface area contributed by atoms with Crippen molar-refractivity contribution >= 4 is 32.7 Å². The molecule has 0 spiro atoms. The summed E-state index contributed by atoms with van der Waals surface area (Å²) in [5, 5.41) is 0. The maximum atomic E-state index is 12.6. The molecule has 4 heteroatoms. The van der Waals surface area contributed by atoms with Gasteiger partial charge in [-0.05, 0) is 0 Å². The SMILES string of the molecule is CCC[CH2][Sn](/[CH]=C/C=C/C=C/C(=O)O[Si](C(C)C)(C(C)C)C(C)C)([CH2]CCC)[CH2]CCC. The van der Waals surface area contributed by atoms with E-state index in [9.17, 15) is 4.79 Å². The molecule has 0 radical (unpaired) electrons. The van der Waals surface area contributed by atoms with Gasteiger partial charge in [0.1, 0.15) is 0 Å². The van der Waals surface area contributed by atoms with Crippen molar-refractivity contribution in [1.82, 2.24) is 0 Å². The summed E-state index contributed by atoms with van der Waals surface area (Å²) in [6, 6.07) is 0. The summed E-state index contributed by atoms with van der Waals surface area (Å²) in [6.45, 7) is 20.2. The standard InChI is InChI=1S/C16H27O2Si.3C4H9.Sn/c1-8-9-10-11-12-16(17)18-19(13(2)3,14(4)5)15(6)7;3*1-3-4-2;/h1,8-15H,2-7H3;3*1,3-4H2,2H3;/b8-1?,10-9+,12-11+;;;;. The molecular weight excluding hydrogens is 515 g/mol. The second kappa shape index (κ2) is 17.2. The summed E-state index contributed by atoms with van der Waals surface area (Å²) in [6.07, 6.45) is 18.0. The van der Waals surface area contributed by atoms with Gasteiger partial charge in [-0.15, -0.1) is 0 Å². The van der Waals surface area contributed by atoms with E-state index in [2.05, 4.69) is 78.6 Å². The Hall–Kier alpha value is -0.294. The summed E-state index contributed by atoms with van der Waals surface area (Å²) < 4.78 is 13.3. The second-order valence-electron chi connectivity index (χ2n) is 10.5. The molecule has 0 unspecified atom stereocenters. The van der Waals surface area contributed by atoms with Crippen molar-refractivity contribution in [3.8, 4) is 0 Å². The van der Waals surface area contributed by atoms with Crippen molar-refractivity contribution in [2.45, 2.75) is 131 Å². The molecule has 186 valence electrons. The first-order chi connectivity index (χ1) is 15.1. The van der Waals surface area contributed by atoms with Gasteiger partial charge in [0.25, 0.3) is 0 Å². The third kappa shape index (κ3) is 10.8. The van der Waals surface area contributed by atoms with Crippen LogP contribution >= 0.6 is 0 Å². The second-order valence-corrected chi connectivity index (χ2v) is 28.9. The Morgan fingerprint density at radius 1 is 0.719 bits per heavy atom. The number of hydrogen-bond acceptors (Lipinski definition) is 2. The summed E-state index contributed by atoms with van der Waals surface area (Å²) in [5.74, 6) is -0.177. The Balaban J connectivity index is 5.24. The van der Waals surface area contributed by atoms with Gasteiger partial charge in [0.05, 0.1) is 0 Å². The molecule has 0 bridgehead atoms. The van der Waals surface area contributed by atoms with Gasteiger partial charge < -0.3 is 0 Å². The van der Waals surface area contributed by atoms with Crippen LogP contribution in [0.1, 0.15) is 101 Å². The molecular formula is C28H54O2SiSn. The van der Waals surface area contributed by atoms with Gasteiger partial charge in [0, 0.05) is 0 Å². The predicted molar refractivity (Wildman–Crippen MR) is 149 cm³/mol. The average Bonchev–Trinajstić information content (AvgIpc) is 2.74.